The summed E-state index contributed by atoms with van der Waals surface area (Å²) in [6.45, 7) is 0.687. The number of hydrogen-bond donors (Lipinski definition) is 1. The summed E-state index contributed by atoms with van der Waals surface area (Å²) in [5.41, 5.74) is 5.45. The van der Waals surface area contributed by atoms with E-state index in [-0.39, 0.29) is 0 Å². The predicted octanol–water partition coefficient (Wildman–Crippen LogP) is 0.0401. The van der Waals surface area contributed by atoms with E-state index in [1.807, 2.05) is 0 Å². The summed E-state index contributed by atoms with van der Waals surface area (Å²) in [6, 6.07) is 1.67. The van der Waals surface area contributed by atoms with Crippen LogP contribution in [0.15, 0.2) is 4.99 Å². The van der Waals surface area contributed by atoms with Gasteiger partial charge in [-0.1, -0.05) is 0 Å². The number of rotatable bonds is 2. The molecule has 1 saturated heterocycles. The Balaban J connectivity index is 1.77. The third-order valence-electron chi connectivity index (χ3n) is 3.20. The van der Waals surface area contributed by atoms with E-state index >= 15 is 0 Å². The molecule has 0 radical (unpaired) electrons. The smallest absolute Gasteiger partial charge is 0.281 e. The van der Waals surface area contributed by atoms with Gasteiger partial charge in [0.1, 0.15) is 6.61 Å². The van der Waals surface area contributed by atoms with Crippen LogP contribution >= 0.6 is 0 Å². The lowest BCUT2D eigenvalue weighted by Gasteiger charge is -2.22. The minimum Gasteiger partial charge on any atom is -0.464 e. The number of likely N-dealkylation sites (N-methyl/N-ethyl adjacent to an activating group) is 1. The molecular formula is C9H17N3O. The standard InChI is InChI=1S/C9H17N3O/c1-11-9(10)13-5-7-3-6-4-8(6)12(7)2/h6-8H,3-5H2,1-2H3,(H2,10,11)/t6?,7-,8+/m1/s1. The van der Waals surface area contributed by atoms with E-state index in [4.69, 9.17) is 10.5 Å². The van der Waals surface area contributed by atoms with Crippen LogP contribution in [0.4, 0.5) is 0 Å². The average Bonchev–Trinajstić information content (AvgIpc) is 2.84. The van der Waals surface area contributed by atoms with Crippen molar-refractivity contribution in [3.63, 3.8) is 0 Å². The SMILES string of the molecule is CN=C(N)OC[C@H]1CC2C[C@@H]2N1C. The number of likely N-dealkylation sites (tertiary alicyclic amines) is 1. The third-order valence-corrected chi connectivity index (χ3v) is 3.20. The molecule has 2 fully saturated rings. The van der Waals surface area contributed by atoms with Crippen LogP contribution in [0.2, 0.25) is 0 Å². The van der Waals surface area contributed by atoms with Crippen LogP contribution in [0.25, 0.3) is 0 Å². The van der Waals surface area contributed by atoms with Gasteiger partial charge in [-0.2, -0.15) is 0 Å². The van der Waals surface area contributed by atoms with Gasteiger partial charge in [-0.3, -0.25) is 4.90 Å². The van der Waals surface area contributed by atoms with E-state index < -0.39 is 0 Å². The third kappa shape index (κ3) is 1.63. The van der Waals surface area contributed by atoms with Crippen LogP contribution in [0, 0.1) is 5.92 Å². The van der Waals surface area contributed by atoms with Crippen molar-refractivity contribution in [2.24, 2.45) is 16.6 Å². The van der Waals surface area contributed by atoms with Gasteiger partial charge < -0.3 is 10.5 Å². The molecule has 2 aliphatic rings. The molecule has 1 heterocycles. The fourth-order valence-corrected chi connectivity index (χ4v) is 2.20. The van der Waals surface area contributed by atoms with Crippen molar-refractivity contribution in [2.45, 2.75) is 24.9 Å². The molecule has 3 atom stereocenters. The second kappa shape index (κ2) is 3.18. The highest BCUT2D eigenvalue weighted by molar-refractivity contribution is 5.71. The monoisotopic (exact) mass is 183 g/mol. The van der Waals surface area contributed by atoms with Crippen LogP contribution < -0.4 is 5.73 Å². The molecule has 2 N–H and O–H groups in total. The Labute approximate surface area is 78.8 Å². The molecule has 13 heavy (non-hydrogen) atoms. The Morgan fingerprint density at radius 3 is 2.92 bits per heavy atom. The predicted molar refractivity (Wildman–Crippen MR) is 51.6 cm³/mol. The van der Waals surface area contributed by atoms with Gasteiger partial charge in [0.15, 0.2) is 0 Å². The van der Waals surface area contributed by atoms with Gasteiger partial charge in [-0.05, 0) is 25.8 Å². The Morgan fingerprint density at radius 1 is 1.62 bits per heavy atom. The van der Waals surface area contributed by atoms with Crippen LogP contribution in [-0.4, -0.2) is 43.7 Å². The molecule has 0 aromatic carbocycles. The highest BCUT2D eigenvalue weighted by Gasteiger charge is 2.50. The quantitative estimate of drug-likeness (QED) is 0.486. The summed E-state index contributed by atoms with van der Waals surface area (Å²) in [7, 11) is 3.82. The molecule has 1 saturated carbocycles. The summed E-state index contributed by atoms with van der Waals surface area (Å²) in [4.78, 5) is 6.17. The van der Waals surface area contributed by atoms with E-state index in [1.54, 1.807) is 7.05 Å². The normalized spacial score (nSPS) is 38.9. The van der Waals surface area contributed by atoms with Crippen molar-refractivity contribution in [3.05, 3.63) is 0 Å². The molecule has 0 aromatic rings. The number of piperidine rings is 1. The molecule has 74 valence electrons. The topological polar surface area (TPSA) is 50.9 Å². The first-order chi connectivity index (χ1) is 6.22. The second-order valence-corrected chi connectivity index (χ2v) is 3.99. The van der Waals surface area contributed by atoms with Gasteiger partial charge in [0, 0.05) is 19.1 Å². The number of amidine groups is 1. The lowest BCUT2D eigenvalue weighted by Crippen LogP contribution is -2.34. The van der Waals surface area contributed by atoms with Crippen molar-refractivity contribution in [3.8, 4) is 0 Å². The van der Waals surface area contributed by atoms with Gasteiger partial charge in [0.05, 0.1) is 0 Å². The Bertz CT molecular complexity index is 229. The molecule has 2 rings (SSSR count). The Kier molecular flexibility index (Phi) is 2.15. The van der Waals surface area contributed by atoms with Gasteiger partial charge >= 0.3 is 0 Å². The first-order valence-electron chi connectivity index (χ1n) is 4.79. The Morgan fingerprint density at radius 2 is 2.38 bits per heavy atom. The van der Waals surface area contributed by atoms with E-state index in [9.17, 15) is 0 Å². The maximum absolute atomic E-state index is 5.45. The van der Waals surface area contributed by atoms with E-state index in [0.29, 0.717) is 18.7 Å². The molecule has 1 unspecified atom stereocenters. The molecule has 0 amide bonds. The van der Waals surface area contributed by atoms with Crippen LogP contribution in [-0.2, 0) is 4.74 Å². The van der Waals surface area contributed by atoms with Crippen molar-refractivity contribution < 1.29 is 4.74 Å². The van der Waals surface area contributed by atoms with Crippen molar-refractivity contribution >= 4 is 6.02 Å². The van der Waals surface area contributed by atoms with Gasteiger partial charge in [0.25, 0.3) is 6.02 Å². The highest BCUT2D eigenvalue weighted by atomic mass is 16.5. The number of ether oxygens (including phenoxy) is 1. The van der Waals surface area contributed by atoms with Crippen molar-refractivity contribution in [1.29, 1.82) is 0 Å². The zero-order valence-corrected chi connectivity index (χ0v) is 8.23. The van der Waals surface area contributed by atoms with E-state index in [0.717, 1.165) is 12.0 Å². The van der Waals surface area contributed by atoms with Crippen LogP contribution in [0.1, 0.15) is 12.8 Å². The molecule has 1 aliphatic carbocycles. The molecular weight excluding hydrogens is 166 g/mol. The zero-order valence-electron chi connectivity index (χ0n) is 8.23. The van der Waals surface area contributed by atoms with Crippen molar-refractivity contribution in [1.82, 2.24) is 4.90 Å². The molecule has 0 spiro atoms. The lowest BCUT2D eigenvalue weighted by atomic mass is 10.2. The molecule has 4 heteroatoms. The van der Waals surface area contributed by atoms with Crippen molar-refractivity contribution in [2.75, 3.05) is 20.7 Å². The van der Waals surface area contributed by atoms with Crippen LogP contribution in [0.5, 0.6) is 0 Å². The van der Waals surface area contributed by atoms with E-state index in [1.165, 1.54) is 12.8 Å². The number of hydrogen-bond acceptors (Lipinski definition) is 3. The molecule has 0 aromatic heterocycles. The van der Waals surface area contributed by atoms with E-state index in [2.05, 4.69) is 16.9 Å². The molecule has 4 nitrogen and oxygen atoms in total. The number of nitrogens with two attached hydrogens (primary N) is 1. The fourth-order valence-electron chi connectivity index (χ4n) is 2.20. The minimum atomic E-state index is 0.300. The average molecular weight is 183 g/mol. The number of aliphatic imine (C=N–C) groups is 1. The highest BCUT2D eigenvalue weighted by Crippen LogP contribution is 2.46. The summed E-state index contributed by atoms with van der Waals surface area (Å²) in [6.07, 6.45) is 2.64. The van der Waals surface area contributed by atoms with Crippen LogP contribution in [0.3, 0.4) is 0 Å². The van der Waals surface area contributed by atoms with Gasteiger partial charge in [-0.15, -0.1) is 0 Å². The largest absolute Gasteiger partial charge is 0.464 e. The fraction of sp³-hybridized carbons (Fsp3) is 0.889. The summed E-state index contributed by atoms with van der Waals surface area (Å²) in [5, 5.41) is 0. The maximum atomic E-state index is 5.45. The zero-order chi connectivity index (χ0) is 9.42. The first kappa shape index (κ1) is 8.81. The Hall–Kier alpha value is -0.770. The number of nitrogens with zero attached hydrogens (tertiary/aromatic N) is 2. The molecule has 1 aliphatic heterocycles. The maximum Gasteiger partial charge on any atom is 0.281 e. The summed E-state index contributed by atoms with van der Waals surface area (Å²) < 4.78 is 5.30. The first-order valence-corrected chi connectivity index (χ1v) is 4.79. The minimum absolute atomic E-state index is 0.300. The summed E-state index contributed by atoms with van der Waals surface area (Å²) >= 11 is 0. The summed E-state index contributed by atoms with van der Waals surface area (Å²) in [5.74, 6) is 0.929. The van der Waals surface area contributed by atoms with Gasteiger partial charge in [0.2, 0.25) is 0 Å². The second-order valence-electron chi connectivity index (χ2n) is 3.99. The number of fused-ring (bicyclic) bond motifs is 1. The lowest BCUT2D eigenvalue weighted by molar-refractivity contribution is 0.167. The molecule has 0 bridgehead atoms. The van der Waals surface area contributed by atoms with Gasteiger partial charge in [-0.25, -0.2) is 4.99 Å².